The molecule has 0 spiro atoms. The predicted octanol–water partition coefficient (Wildman–Crippen LogP) is 3.76. The summed E-state index contributed by atoms with van der Waals surface area (Å²) < 4.78 is 38.6. The Morgan fingerprint density at radius 2 is 2.05 bits per heavy atom. The summed E-state index contributed by atoms with van der Waals surface area (Å²) in [4.78, 5) is 12.2. The van der Waals surface area contributed by atoms with Gasteiger partial charge < -0.3 is 10.6 Å². The summed E-state index contributed by atoms with van der Waals surface area (Å²) in [5, 5.41) is 5.89. The normalized spacial score (nSPS) is 21.9. The van der Waals surface area contributed by atoms with E-state index in [-0.39, 0.29) is 41.5 Å². The van der Waals surface area contributed by atoms with Crippen LogP contribution >= 0.6 is 12.4 Å². The van der Waals surface area contributed by atoms with Crippen molar-refractivity contribution in [1.29, 1.82) is 0 Å². The molecule has 1 aliphatic heterocycles. The SMILES string of the molecule is Cc1c(NC(=O)[C@H]2CCN[C@@H](C)C2)cccc1C(F)(F)F.Cl. The van der Waals surface area contributed by atoms with Gasteiger partial charge in [0.25, 0.3) is 0 Å². The van der Waals surface area contributed by atoms with E-state index >= 15 is 0 Å². The average Bonchev–Trinajstić information content (AvgIpc) is 2.39. The summed E-state index contributed by atoms with van der Waals surface area (Å²) >= 11 is 0. The van der Waals surface area contributed by atoms with E-state index in [1.807, 2.05) is 6.92 Å². The number of nitrogens with one attached hydrogen (secondary N) is 2. The maximum Gasteiger partial charge on any atom is 0.416 e. The largest absolute Gasteiger partial charge is 0.416 e. The third-order valence-electron chi connectivity index (χ3n) is 3.89. The molecule has 2 rings (SSSR count). The number of hydrogen-bond acceptors (Lipinski definition) is 2. The quantitative estimate of drug-likeness (QED) is 0.863. The fourth-order valence-corrected chi connectivity index (χ4v) is 2.68. The lowest BCUT2D eigenvalue weighted by Crippen LogP contribution is -2.40. The number of alkyl halides is 3. The topological polar surface area (TPSA) is 41.1 Å². The molecule has 2 atom stereocenters. The molecule has 1 aliphatic rings. The van der Waals surface area contributed by atoms with Gasteiger partial charge in [0.05, 0.1) is 5.56 Å². The molecular weight excluding hydrogens is 317 g/mol. The highest BCUT2D eigenvalue weighted by Crippen LogP contribution is 2.34. The van der Waals surface area contributed by atoms with Crippen molar-refractivity contribution >= 4 is 24.0 Å². The molecule has 1 amide bonds. The van der Waals surface area contributed by atoms with Gasteiger partial charge in [0.15, 0.2) is 0 Å². The molecule has 1 heterocycles. The Bertz CT molecular complexity index is 534. The smallest absolute Gasteiger partial charge is 0.326 e. The number of halogens is 4. The van der Waals surface area contributed by atoms with Crippen molar-refractivity contribution in [2.24, 2.45) is 5.92 Å². The summed E-state index contributed by atoms with van der Waals surface area (Å²) in [5.74, 6) is -0.360. The van der Waals surface area contributed by atoms with Crippen LogP contribution in [0.2, 0.25) is 0 Å². The van der Waals surface area contributed by atoms with E-state index in [0.717, 1.165) is 12.6 Å². The maximum absolute atomic E-state index is 12.9. The Morgan fingerprint density at radius 1 is 1.36 bits per heavy atom. The molecule has 0 bridgehead atoms. The Hall–Kier alpha value is -1.27. The lowest BCUT2D eigenvalue weighted by atomic mass is 9.92. The Balaban J connectivity index is 0.00000242. The molecule has 3 nitrogen and oxygen atoms in total. The predicted molar refractivity (Wildman–Crippen MR) is 82.2 cm³/mol. The first kappa shape index (κ1) is 18.8. The molecule has 0 unspecified atom stereocenters. The number of piperidine rings is 1. The van der Waals surface area contributed by atoms with Crippen LogP contribution < -0.4 is 10.6 Å². The molecule has 7 heteroatoms. The van der Waals surface area contributed by atoms with Gasteiger partial charge in [-0.1, -0.05) is 6.07 Å². The number of carbonyl (C=O) groups is 1. The molecule has 0 saturated carbocycles. The Labute approximate surface area is 134 Å². The average molecular weight is 337 g/mol. The second-order valence-electron chi connectivity index (χ2n) is 5.54. The minimum Gasteiger partial charge on any atom is -0.326 e. The van der Waals surface area contributed by atoms with E-state index in [9.17, 15) is 18.0 Å². The molecule has 0 radical (unpaired) electrons. The number of anilines is 1. The van der Waals surface area contributed by atoms with Gasteiger partial charge >= 0.3 is 6.18 Å². The molecular formula is C15H20ClF3N2O. The van der Waals surface area contributed by atoms with Crippen molar-refractivity contribution in [3.05, 3.63) is 29.3 Å². The zero-order valence-electron chi connectivity index (χ0n) is 12.5. The molecule has 1 saturated heterocycles. The minimum atomic E-state index is -4.41. The van der Waals surface area contributed by atoms with Crippen molar-refractivity contribution < 1.29 is 18.0 Å². The maximum atomic E-state index is 12.9. The van der Waals surface area contributed by atoms with Gasteiger partial charge in [0.1, 0.15) is 0 Å². The first-order chi connectivity index (χ1) is 9.79. The van der Waals surface area contributed by atoms with Gasteiger partial charge in [-0.05, 0) is 50.9 Å². The van der Waals surface area contributed by atoms with Crippen LogP contribution in [0.15, 0.2) is 18.2 Å². The lowest BCUT2D eigenvalue weighted by Gasteiger charge is -2.27. The summed E-state index contributed by atoms with van der Waals surface area (Å²) in [6.45, 7) is 4.12. The van der Waals surface area contributed by atoms with E-state index in [4.69, 9.17) is 0 Å². The van der Waals surface area contributed by atoms with Crippen molar-refractivity contribution in [2.45, 2.75) is 38.9 Å². The van der Waals surface area contributed by atoms with Gasteiger partial charge in [-0.2, -0.15) is 13.2 Å². The first-order valence-electron chi connectivity index (χ1n) is 7.00. The minimum absolute atomic E-state index is 0. The van der Waals surface area contributed by atoms with Gasteiger partial charge in [-0.25, -0.2) is 0 Å². The highest BCUT2D eigenvalue weighted by molar-refractivity contribution is 5.93. The molecule has 22 heavy (non-hydrogen) atoms. The van der Waals surface area contributed by atoms with Crippen LogP contribution in [0.1, 0.15) is 30.9 Å². The molecule has 2 N–H and O–H groups in total. The fourth-order valence-electron chi connectivity index (χ4n) is 2.68. The number of rotatable bonds is 2. The van der Waals surface area contributed by atoms with Crippen LogP contribution in [0, 0.1) is 12.8 Å². The zero-order valence-corrected chi connectivity index (χ0v) is 13.3. The number of benzene rings is 1. The molecule has 0 aromatic heterocycles. The molecule has 1 aromatic carbocycles. The number of hydrogen-bond donors (Lipinski definition) is 2. The van der Waals surface area contributed by atoms with Gasteiger partial charge in [-0.3, -0.25) is 4.79 Å². The number of amides is 1. The van der Waals surface area contributed by atoms with Gasteiger partial charge in [0.2, 0.25) is 5.91 Å². The van der Waals surface area contributed by atoms with Crippen LogP contribution in [0.5, 0.6) is 0 Å². The summed E-state index contributed by atoms with van der Waals surface area (Å²) in [5.41, 5.74) is -0.416. The monoisotopic (exact) mass is 336 g/mol. The van der Waals surface area contributed by atoms with Crippen LogP contribution in [0.25, 0.3) is 0 Å². The van der Waals surface area contributed by atoms with Crippen LogP contribution in [-0.2, 0) is 11.0 Å². The second-order valence-corrected chi connectivity index (χ2v) is 5.54. The first-order valence-corrected chi connectivity index (χ1v) is 7.00. The second kappa shape index (κ2) is 7.33. The standard InChI is InChI=1S/C15H19F3N2O.ClH/c1-9-8-11(6-7-19-9)14(21)20-13-5-3-4-12(10(13)2)15(16,17)18;/h3-5,9,11,19H,6-8H2,1-2H3,(H,20,21);1H/t9-,11-;/m0./s1. The Kier molecular flexibility index (Phi) is 6.26. The summed E-state index contributed by atoms with van der Waals surface area (Å²) in [7, 11) is 0. The van der Waals surface area contributed by atoms with Crippen molar-refractivity contribution in [1.82, 2.24) is 5.32 Å². The summed E-state index contributed by atoms with van der Waals surface area (Å²) in [6.07, 6.45) is -3.01. The van der Waals surface area contributed by atoms with Crippen molar-refractivity contribution in [3.63, 3.8) is 0 Å². The highest BCUT2D eigenvalue weighted by atomic mass is 35.5. The van der Waals surface area contributed by atoms with E-state index in [2.05, 4.69) is 10.6 Å². The fraction of sp³-hybridized carbons (Fsp3) is 0.533. The molecule has 0 aliphatic carbocycles. The van der Waals surface area contributed by atoms with Crippen molar-refractivity contribution in [3.8, 4) is 0 Å². The third kappa shape index (κ3) is 4.36. The van der Waals surface area contributed by atoms with Crippen LogP contribution in [-0.4, -0.2) is 18.5 Å². The Morgan fingerprint density at radius 3 is 2.64 bits per heavy atom. The van der Waals surface area contributed by atoms with Crippen LogP contribution in [0.4, 0.5) is 18.9 Å². The van der Waals surface area contributed by atoms with Gasteiger partial charge in [0, 0.05) is 17.6 Å². The van der Waals surface area contributed by atoms with E-state index in [1.165, 1.54) is 19.1 Å². The van der Waals surface area contributed by atoms with Crippen LogP contribution in [0.3, 0.4) is 0 Å². The highest BCUT2D eigenvalue weighted by Gasteiger charge is 2.33. The van der Waals surface area contributed by atoms with Crippen molar-refractivity contribution in [2.75, 3.05) is 11.9 Å². The molecule has 1 fully saturated rings. The van der Waals surface area contributed by atoms with E-state index in [0.29, 0.717) is 12.8 Å². The van der Waals surface area contributed by atoms with Gasteiger partial charge in [-0.15, -0.1) is 12.4 Å². The van der Waals surface area contributed by atoms with E-state index in [1.54, 1.807) is 0 Å². The summed E-state index contributed by atoms with van der Waals surface area (Å²) in [6, 6.07) is 4.10. The lowest BCUT2D eigenvalue weighted by molar-refractivity contribution is -0.138. The number of carbonyl (C=O) groups excluding carboxylic acids is 1. The zero-order chi connectivity index (χ0) is 15.6. The molecule has 1 aromatic rings. The third-order valence-corrected chi connectivity index (χ3v) is 3.89. The molecule has 124 valence electrons. The van der Waals surface area contributed by atoms with E-state index < -0.39 is 11.7 Å².